The Bertz CT molecular complexity index is 972. The third-order valence-electron chi connectivity index (χ3n) is 5.18. The highest BCUT2D eigenvalue weighted by Crippen LogP contribution is 2.19. The summed E-state index contributed by atoms with van der Waals surface area (Å²) in [4.78, 5) is 30.3. The Hall–Kier alpha value is -3.55. The van der Waals surface area contributed by atoms with Gasteiger partial charge in [0.2, 0.25) is 5.91 Å². The molecule has 1 aliphatic heterocycles. The molecule has 3 N–H and O–H groups in total. The number of rotatable bonds is 7. The summed E-state index contributed by atoms with van der Waals surface area (Å²) in [5.74, 6) is 1.30. The topological polar surface area (TPSA) is 95.1 Å². The number of hydrogen-bond acceptors (Lipinski definition) is 4. The van der Waals surface area contributed by atoms with Gasteiger partial charge in [-0.3, -0.25) is 9.59 Å². The lowest BCUT2D eigenvalue weighted by Crippen LogP contribution is -2.49. The molecule has 0 bridgehead atoms. The number of nitrogens with one attached hydrogen (secondary N) is 3. The van der Waals surface area contributed by atoms with Gasteiger partial charge in [-0.15, -0.1) is 0 Å². The van der Waals surface area contributed by atoms with E-state index in [9.17, 15) is 9.59 Å². The van der Waals surface area contributed by atoms with Gasteiger partial charge < -0.3 is 25.6 Å². The molecule has 0 atom stereocenters. The van der Waals surface area contributed by atoms with Crippen LogP contribution in [-0.4, -0.2) is 56.0 Å². The Morgan fingerprint density at radius 1 is 1.19 bits per heavy atom. The van der Waals surface area contributed by atoms with Gasteiger partial charge in [-0.1, -0.05) is 24.3 Å². The van der Waals surface area contributed by atoms with Gasteiger partial charge in [-0.25, -0.2) is 4.99 Å². The van der Waals surface area contributed by atoms with Crippen molar-refractivity contribution in [2.24, 2.45) is 4.99 Å². The molecule has 2 amide bonds. The van der Waals surface area contributed by atoms with Crippen LogP contribution >= 0.6 is 0 Å². The summed E-state index contributed by atoms with van der Waals surface area (Å²) >= 11 is 0. The third kappa shape index (κ3) is 6.23. The van der Waals surface area contributed by atoms with E-state index in [1.54, 1.807) is 24.1 Å². The minimum atomic E-state index is -0.128. The van der Waals surface area contributed by atoms with Crippen LogP contribution in [0.1, 0.15) is 34.0 Å². The first-order chi connectivity index (χ1) is 15.5. The second kappa shape index (κ2) is 11.2. The first-order valence-corrected chi connectivity index (χ1v) is 10.8. The summed E-state index contributed by atoms with van der Waals surface area (Å²) in [7, 11) is 1.67. The van der Waals surface area contributed by atoms with Crippen molar-refractivity contribution in [2.75, 3.05) is 33.3 Å². The number of ether oxygens (including phenoxy) is 1. The molecule has 1 saturated heterocycles. The summed E-state index contributed by atoms with van der Waals surface area (Å²) in [6.45, 7) is 6.99. The molecule has 0 radical (unpaired) electrons. The van der Waals surface area contributed by atoms with E-state index < -0.39 is 0 Å². The average molecular weight is 438 g/mol. The molecule has 8 heteroatoms. The molecule has 0 spiro atoms. The van der Waals surface area contributed by atoms with E-state index in [-0.39, 0.29) is 18.4 Å². The van der Waals surface area contributed by atoms with E-state index in [1.165, 1.54) is 0 Å². The van der Waals surface area contributed by atoms with E-state index in [1.807, 2.05) is 38.1 Å². The molecule has 170 valence electrons. The fraction of sp³-hybridized carbons (Fsp3) is 0.375. The molecule has 8 nitrogen and oxygen atoms in total. The normalized spacial score (nSPS) is 14.0. The van der Waals surface area contributed by atoms with Crippen molar-refractivity contribution in [3.63, 3.8) is 0 Å². The second-order valence-electron chi connectivity index (χ2n) is 7.64. The largest absolute Gasteiger partial charge is 0.496 e. The Morgan fingerprint density at radius 3 is 2.66 bits per heavy atom. The van der Waals surface area contributed by atoms with Crippen molar-refractivity contribution in [1.29, 1.82) is 0 Å². The van der Waals surface area contributed by atoms with Crippen LogP contribution in [0.5, 0.6) is 5.75 Å². The number of aliphatic imine (C=N–C) groups is 1. The summed E-state index contributed by atoms with van der Waals surface area (Å²) in [5, 5.41) is 9.31. The number of nitrogens with zero attached hydrogens (tertiary/aromatic N) is 2. The molecule has 0 unspecified atom stereocenters. The predicted octanol–water partition coefficient (Wildman–Crippen LogP) is 1.83. The Labute approximate surface area is 189 Å². The van der Waals surface area contributed by atoms with Gasteiger partial charge in [0.05, 0.1) is 20.2 Å². The van der Waals surface area contributed by atoms with Crippen LogP contribution in [-0.2, 0) is 17.9 Å². The van der Waals surface area contributed by atoms with Gasteiger partial charge >= 0.3 is 0 Å². The zero-order chi connectivity index (χ0) is 22.9. The van der Waals surface area contributed by atoms with Crippen LogP contribution in [0.2, 0.25) is 0 Å². The van der Waals surface area contributed by atoms with Gasteiger partial charge in [-0.2, -0.15) is 0 Å². The zero-order valence-electron chi connectivity index (χ0n) is 18.9. The molecule has 0 aliphatic carbocycles. The minimum absolute atomic E-state index is 0.106. The van der Waals surface area contributed by atoms with Gasteiger partial charge in [0, 0.05) is 37.3 Å². The van der Waals surface area contributed by atoms with Crippen molar-refractivity contribution in [3.8, 4) is 5.75 Å². The molecule has 0 saturated carbocycles. The molecule has 3 rings (SSSR count). The molecule has 32 heavy (non-hydrogen) atoms. The summed E-state index contributed by atoms with van der Waals surface area (Å²) in [5.41, 5.74) is 3.77. The Balaban J connectivity index is 1.61. The summed E-state index contributed by atoms with van der Waals surface area (Å²) in [6, 6.07) is 13.5. The third-order valence-corrected chi connectivity index (χ3v) is 5.18. The highest BCUT2D eigenvalue weighted by atomic mass is 16.5. The van der Waals surface area contributed by atoms with Crippen LogP contribution in [0.4, 0.5) is 0 Å². The van der Waals surface area contributed by atoms with Crippen molar-refractivity contribution in [1.82, 2.24) is 20.9 Å². The first-order valence-electron chi connectivity index (χ1n) is 10.8. The number of carbonyl (C=O) groups is 2. The van der Waals surface area contributed by atoms with Gasteiger partial charge in [-0.05, 0) is 43.2 Å². The maximum atomic E-state index is 12.6. The highest BCUT2D eigenvalue weighted by Gasteiger charge is 2.22. The fourth-order valence-electron chi connectivity index (χ4n) is 3.44. The number of amides is 2. The average Bonchev–Trinajstić information content (AvgIpc) is 2.81. The number of carbonyl (C=O) groups excluding carboxylic acids is 2. The first kappa shape index (κ1) is 23.1. The molecule has 1 aliphatic rings. The summed E-state index contributed by atoms with van der Waals surface area (Å²) < 4.78 is 5.47. The fourth-order valence-corrected chi connectivity index (χ4v) is 3.44. The Morgan fingerprint density at radius 2 is 1.97 bits per heavy atom. The SMILES string of the molecule is CCNC(=NCc1ccc(C(=O)N2CCNC(=O)C2)cc1)NCc1ccc(C)cc1OC. The van der Waals surface area contributed by atoms with Crippen LogP contribution in [0.15, 0.2) is 47.5 Å². The highest BCUT2D eigenvalue weighted by molar-refractivity contribution is 5.97. The van der Waals surface area contributed by atoms with E-state index in [0.29, 0.717) is 37.7 Å². The maximum Gasteiger partial charge on any atom is 0.254 e. The monoisotopic (exact) mass is 437 g/mol. The lowest BCUT2D eigenvalue weighted by molar-refractivity contribution is -0.123. The van der Waals surface area contributed by atoms with Gasteiger partial charge in [0.15, 0.2) is 5.96 Å². The summed E-state index contributed by atoms with van der Waals surface area (Å²) in [6.07, 6.45) is 0. The standard InChI is InChI=1S/C24H31N5O3/c1-4-25-24(28-15-20-8-5-17(2)13-21(20)32-3)27-14-18-6-9-19(10-7-18)23(31)29-12-11-26-22(30)16-29/h5-10,13H,4,11-12,14-16H2,1-3H3,(H,26,30)(H2,25,27,28). The van der Waals surface area contributed by atoms with Crippen LogP contribution in [0, 0.1) is 6.92 Å². The number of aryl methyl sites for hydroxylation is 1. The van der Waals surface area contributed by atoms with Crippen molar-refractivity contribution in [3.05, 3.63) is 64.7 Å². The number of methoxy groups -OCH3 is 1. The molecule has 1 fully saturated rings. The van der Waals surface area contributed by atoms with E-state index in [4.69, 9.17) is 4.74 Å². The van der Waals surface area contributed by atoms with Crippen molar-refractivity contribution in [2.45, 2.75) is 26.9 Å². The maximum absolute atomic E-state index is 12.6. The molecule has 2 aromatic carbocycles. The number of guanidine groups is 1. The lowest BCUT2D eigenvalue weighted by atomic mass is 10.1. The molecule has 2 aromatic rings. The van der Waals surface area contributed by atoms with Crippen LogP contribution in [0.3, 0.4) is 0 Å². The number of benzene rings is 2. The quantitative estimate of drug-likeness (QED) is 0.454. The predicted molar refractivity (Wildman–Crippen MR) is 125 cm³/mol. The lowest BCUT2D eigenvalue weighted by Gasteiger charge is -2.26. The minimum Gasteiger partial charge on any atom is -0.496 e. The van der Waals surface area contributed by atoms with Crippen molar-refractivity contribution >= 4 is 17.8 Å². The van der Waals surface area contributed by atoms with E-state index in [0.717, 1.165) is 29.0 Å². The smallest absolute Gasteiger partial charge is 0.254 e. The zero-order valence-corrected chi connectivity index (χ0v) is 18.9. The van der Waals surface area contributed by atoms with E-state index in [2.05, 4.69) is 27.0 Å². The number of piperazine rings is 1. The van der Waals surface area contributed by atoms with Gasteiger partial charge in [0.1, 0.15) is 5.75 Å². The van der Waals surface area contributed by atoms with Crippen molar-refractivity contribution < 1.29 is 14.3 Å². The molecular weight excluding hydrogens is 406 g/mol. The molecular formula is C24H31N5O3. The number of hydrogen-bond donors (Lipinski definition) is 3. The van der Waals surface area contributed by atoms with E-state index >= 15 is 0 Å². The second-order valence-corrected chi connectivity index (χ2v) is 7.64. The van der Waals surface area contributed by atoms with Crippen LogP contribution in [0.25, 0.3) is 0 Å². The molecule has 0 aromatic heterocycles. The van der Waals surface area contributed by atoms with Crippen LogP contribution < -0.4 is 20.7 Å². The molecule has 1 heterocycles. The van der Waals surface area contributed by atoms with Gasteiger partial charge in [0.25, 0.3) is 5.91 Å². The Kier molecular flexibility index (Phi) is 8.08.